The molecular formula is C29H34N8O3. The highest BCUT2D eigenvalue weighted by molar-refractivity contribution is 5.89. The number of piperazine rings is 1. The van der Waals surface area contributed by atoms with Crippen molar-refractivity contribution in [2.75, 3.05) is 62.0 Å². The van der Waals surface area contributed by atoms with Gasteiger partial charge < -0.3 is 34.5 Å². The second kappa shape index (κ2) is 11.8. The standard InChI is InChI=1S/C29H34N8O3/c1-39-23-11-9-22(10-12-23)32-29(38)36-15-13-35(14-16-36)28-33-26(30-18-24-8-5-17-40-24)25-27(34-28)37(20-31-25)19-21-6-3-2-4-7-21/h2-4,6-7,9-12,20,24H,5,8,13-19H2,1H3,(H,32,38)(H,30,33,34). The summed E-state index contributed by atoms with van der Waals surface area (Å²) in [5, 5.41) is 6.46. The van der Waals surface area contributed by atoms with Crippen LogP contribution in [0.25, 0.3) is 11.2 Å². The maximum atomic E-state index is 12.9. The number of nitrogens with one attached hydrogen (secondary N) is 2. The van der Waals surface area contributed by atoms with Crippen LogP contribution in [0.2, 0.25) is 0 Å². The van der Waals surface area contributed by atoms with E-state index in [1.165, 1.54) is 5.56 Å². The maximum Gasteiger partial charge on any atom is 0.321 e. The Hall–Kier alpha value is -4.38. The van der Waals surface area contributed by atoms with E-state index in [0.29, 0.717) is 51.0 Å². The number of imidazole rings is 1. The first kappa shape index (κ1) is 25.9. The molecule has 2 aliphatic heterocycles. The Bertz CT molecular complexity index is 1430. The van der Waals surface area contributed by atoms with Gasteiger partial charge in [-0.1, -0.05) is 30.3 Å². The van der Waals surface area contributed by atoms with Crippen molar-refractivity contribution in [1.82, 2.24) is 24.4 Å². The maximum absolute atomic E-state index is 12.9. The van der Waals surface area contributed by atoms with Gasteiger partial charge in [0.25, 0.3) is 0 Å². The average Bonchev–Trinajstić information content (AvgIpc) is 3.67. The van der Waals surface area contributed by atoms with E-state index in [0.717, 1.165) is 42.0 Å². The normalized spacial score (nSPS) is 17.3. The zero-order valence-corrected chi connectivity index (χ0v) is 22.6. The summed E-state index contributed by atoms with van der Waals surface area (Å²) in [4.78, 5) is 31.4. The molecule has 4 aromatic rings. The van der Waals surface area contributed by atoms with Gasteiger partial charge in [-0.25, -0.2) is 9.78 Å². The topological polar surface area (TPSA) is 110 Å². The molecule has 0 spiro atoms. The van der Waals surface area contributed by atoms with Gasteiger partial charge in [0.05, 0.1) is 26.1 Å². The number of ether oxygens (including phenoxy) is 2. The van der Waals surface area contributed by atoms with Crippen molar-refractivity contribution in [3.63, 3.8) is 0 Å². The fourth-order valence-electron chi connectivity index (χ4n) is 5.10. The van der Waals surface area contributed by atoms with Crippen molar-refractivity contribution in [3.05, 3.63) is 66.5 Å². The molecule has 4 heterocycles. The first-order chi connectivity index (χ1) is 19.7. The fraction of sp³-hybridized carbons (Fsp3) is 0.379. The average molecular weight is 543 g/mol. The minimum atomic E-state index is -0.124. The van der Waals surface area contributed by atoms with E-state index in [9.17, 15) is 4.79 Å². The number of hydrogen-bond acceptors (Lipinski definition) is 8. The van der Waals surface area contributed by atoms with Gasteiger partial charge in [0.2, 0.25) is 5.95 Å². The van der Waals surface area contributed by atoms with Crippen LogP contribution in [-0.4, -0.2) is 83.0 Å². The summed E-state index contributed by atoms with van der Waals surface area (Å²) < 4.78 is 13.1. The van der Waals surface area contributed by atoms with Gasteiger partial charge in [0.15, 0.2) is 17.0 Å². The molecule has 0 radical (unpaired) electrons. The van der Waals surface area contributed by atoms with E-state index in [2.05, 4.69) is 37.2 Å². The van der Waals surface area contributed by atoms with Crippen LogP contribution >= 0.6 is 0 Å². The molecule has 11 nitrogen and oxygen atoms in total. The Labute approximate surface area is 233 Å². The molecule has 2 N–H and O–H groups in total. The highest BCUT2D eigenvalue weighted by Crippen LogP contribution is 2.25. The summed E-state index contributed by atoms with van der Waals surface area (Å²) in [5.74, 6) is 2.09. The number of nitrogens with zero attached hydrogens (tertiary/aromatic N) is 6. The molecule has 0 saturated carbocycles. The lowest BCUT2D eigenvalue weighted by Crippen LogP contribution is -2.50. The minimum Gasteiger partial charge on any atom is -0.497 e. The number of amides is 2. The molecule has 11 heteroatoms. The lowest BCUT2D eigenvalue weighted by molar-refractivity contribution is 0.120. The fourth-order valence-corrected chi connectivity index (χ4v) is 5.10. The third-order valence-electron chi connectivity index (χ3n) is 7.36. The summed E-state index contributed by atoms with van der Waals surface area (Å²) in [6.07, 6.45) is 4.12. The lowest BCUT2D eigenvalue weighted by Gasteiger charge is -2.34. The summed E-state index contributed by atoms with van der Waals surface area (Å²) in [6.45, 7) is 4.52. The van der Waals surface area contributed by atoms with E-state index in [1.54, 1.807) is 7.11 Å². The largest absolute Gasteiger partial charge is 0.497 e. The van der Waals surface area contributed by atoms with E-state index in [1.807, 2.05) is 53.7 Å². The third kappa shape index (κ3) is 5.79. The second-order valence-corrected chi connectivity index (χ2v) is 10.1. The van der Waals surface area contributed by atoms with Crippen molar-refractivity contribution in [2.24, 2.45) is 0 Å². The molecule has 2 aromatic heterocycles. The van der Waals surface area contributed by atoms with Crippen LogP contribution in [0.15, 0.2) is 60.9 Å². The zero-order valence-electron chi connectivity index (χ0n) is 22.6. The number of fused-ring (bicyclic) bond motifs is 1. The highest BCUT2D eigenvalue weighted by Gasteiger charge is 2.25. The summed E-state index contributed by atoms with van der Waals surface area (Å²) >= 11 is 0. The van der Waals surface area contributed by atoms with Gasteiger partial charge >= 0.3 is 6.03 Å². The van der Waals surface area contributed by atoms with Gasteiger partial charge in [-0.05, 0) is 42.7 Å². The van der Waals surface area contributed by atoms with Gasteiger partial charge in [0, 0.05) is 45.0 Å². The number of methoxy groups -OCH3 is 1. The molecule has 1 unspecified atom stereocenters. The van der Waals surface area contributed by atoms with E-state index < -0.39 is 0 Å². The summed E-state index contributed by atoms with van der Waals surface area (Å²) in [7, 11) is 1.62. The van der Waals surface area contributed by atoms with Crippen molar-refractivity contribution >= 4 is 34.6 Å². The van der Waals surface area contributed by atoms with Crippen LogP contribution in [0.4, 0.5) is 22.2 Å². The predicted molar refractivity (Wildman–Crippen MR) is 154 cm³/mol. The second-order valence-electron chi connectivity index (χ2n) is 10.1. The van der Waals surface area contributed by atoms with Crippen LogP contribution < -0.4 is 20.3 Å². The number of aromatic nitrogens is 4. The molecule has 0 bridgehead atoms. The monoisotopic (exact) mass is 542 g/mol. The van der Waals surface area contributed by atoms with E-state index >= 15 is 0 Å². The van der Waals surface area contributed by atoms with Crippen molar-refractivity contribution in [3.8, 4) is 5.75 Å². The molecule has 208 valence electrons. The van der Waals surface area contributed by atoms with E-state index in [4.69, 9.17) is 19.4 Å². The van der Waals surface area contributed by atoms with Gasteiger partial charge in [-0.15, -0.1) is 0 Å². The van der Waals surface area contributed by atoms with Crippen LogP contribution in [0.1, 0.15) is 18.4 Å². The molecule has 2 fully saturated rings. The Morgan fingerprint density at radius 3 is 2.58 bits per heavy atom. The first-order valence-electron chi connectivity index (χ1n) is 13.7. The van der Waals surface area contributed by atoms with Crippen molar-refractivity contribution in [2.45, 2.75) is 25.5 Å². The van der Waals surface area contributed by atoms with Crippen LogP contribution in [0.5, 0.6) is 5.75 Å². The van der Waals surface area contributed by atoms with Crippen molar-refractivity contribution in [1.29, 1.82) is 0 Å². The Morgan fingerprint density at radius 1 is 1.05 bits per heavy atom. The smallest absolute Gasteiger partial charge is 0.321 e. The third-order valence-corrected chi connectivity index (χ3v) is 7.36. The summed E-state index contributed by atoms with van der Waals surface area (Å²) in [6, 6.07) is 17.5. The lowest BCUT2D eigenvalue weighted by atomic mass is 10.2. The Morgan fingerprint density at radius 2 is 1.85 bits per heavy atom. The van der Waals surface area contributed by atoms with Crippen LogP contribution in [0.3, 0.4) is 0 Å². The molecule has 0 aliphatic carbocycles. The zero-order chi connectivity index (χ0) is 27.3. The Kier molecular flexibility index (Phi) is 7.62. The Balaban J connectivity index is 1.18. The highest BCUT2D eigenvalue weighted by atomic mass is 16.5. The number of carbonyl (C=O) groups is 1. The van der Waals surface area contributed by atoms with Gasteiger partial charge in [-0.3, -0.25) is 0 Å². The number of rotatable bonds is 8. The molecule has 2 aromatic carbocycles. The molecule has 2 aliphatic rings. The minimum absolute atomic E-state index is 0.124. The molecule has 2 saturated heterocycles. The molecule has 6 rings (SSSR count). The van der Waals surface area contributed by atoms with Crippen molar-refractivity contribution < 1.29 is 14.3 Å². The van der Waals surface area contributed by atoms with Crippen LogP contribution in [-0.2, 0) is 11.3 Å². The number of hydrogen-bond donors (Lipinski definition) is 2. The molecule has 1 atom stereocenters. The molecule has 2 amide bonds. The van der Waals surface area contributed by atoms with E-state index in [-0.39, 0.29) is 12.1 Å². The van der Waals surface area contributed by atoms with Crippen LogP contribution in [0, 0.1) is 0 Å². The first-order valence-corrected chi connectivity index (χ1v) is 13.7. The number of anilines is 3. The SMILES string of the molecule is COc1ccc(NC(=O)N2CCN(c3nc(NCC4CCCO4)c4ncn(Cc5ccccc5)c4n3)CC2)cc1. The summed E-state index contributed by atoms with van der Waals surface area (Å²) in [5.41, 5.74) is 3.43. The quantitative estimate of drug-likeness (QED) is 0.346. The number of urea groups is 1. The van der Waals surface area contributed by atoms with Gasteiger partial charge in [0.1, 0.15) is 5.75 Å². The molecular weight excluding hydrogens is 508 g/mol. The number of carbonyl (C=O) groups excluding carboxylic acids is 1. The predicted octanol–water partition coefficient (Wildman–Crippen LogP) is 3.83. The molecule has 40 heavy (non-hydrogen) atoms. The number of benzene rings is 2. The van der Waals surface area contributed by atoms with Gasteiger partial charge in [-0.2, -0.15) is 9.97 Å².